The van der Waals surface area contributed by atoms with Crippen molar-refractivity contribution in [2.75, 3.05) is 63.0 Å². The number of esters is 2. The summed E-state index contributed by atoms with van der Waals surface area (Å²) in [5.41, 5.74) is 0. The number of nitrogens with one attached hydrogen (secondary N) is 5. The van der Waals surface area contributed by atoms with Crippen LogP contribution in [0.25, 0.3) is 0 Å². The minimum Gasteiger partial charge on any atom is -0.468 e. The normalized spacial score (nSPS) is 15.7. The van der Waals surface area contributed by atoms with Crippen LogP contribution in [0.2, 0.25) is 0 Å². The Hall–Kier alpha value is -6.66. The second-order valence-electron chi connectivity index (χ2n) is 26.6. The number of methoxy groups -OCH3 is 1. The lowest BCUT2D eigenvalue weighted by Crippen LogP contribution is -2.64. The van der Waals surface area contributed by atoms with Gasteiger partial charge in [0.15, 0.2) is 0 Å². The van der Waals surface area contributed by atoms with Crippen LogP contribution in [0, 0.1) is 41.4 Å². The zero-order valence-electron chi connectivity index (χ0n) is 59.4. The first kappa shape index (κ1) is 83.3. The van der Waals surface area contributed by atoms with Gasteiger partial charge in [-0.1, -0.05) is 109 Å². The van der Waals surface area contributed by atoms with Crippen LogP contribution in [0.3, 0.4) is 0 Å². The molecule has 0 aliphatic carbocycles. The van der Waals surface area contributed by atoms with Crippen LogP contribution in [-0.2, 0) is 67.0 Å². The second kappa shape index (κ2) is 39.6. The van der Waals surface area contributed by atoms with Crippen molar-refractivity contribution in [3.63, 3.8) is 0 Å². The largest absolute Gasteiger partial charge is 0.468 e. The fraction of sp³-hybridized carbons (Fsp3) is 0.785. The summed E-state index contributed by atoms with van der Waals surface area (Å²) in [6.45, 7) is 31.1. The summed E-state index contributed by atoms with van der Waals surface area (Å²) in [5, 5.41) is 14.0. The van der Waals surface area contributed by atoms with Crippen LogP contribution in [0.4, 0.5) is 0 Å². The Labute approximate surface area is 538 Å². The summed E-state index contributed by atoms with van der Waals surface area (Å²) in [4.78, 5) is 176. The van der Waals surface area contributed by atoms with Crippen LogP contribution in [0.1, 0.15) is 163 Å². The van der Waals surface area contributed by atoms with Crippen molar-refractivity contribution in [3.05, 3.63) is 12.2 Å². The molecule has 90 heavy (non-hydrogen) atoms. The molecule has 0 aliphatic heterocycles. The van der Waals surface area contributed by atoms with Gasteiger partial charge in [0.05, 0.1) is 13.2 Å². The average Bonchev–Trinajstić information content (AvgIpc) is 0.992. The van der Waals surface area contributed by atoms with Gasteiger partial charge in [-0.25, -0.2) is 0 Å². The summed E-state index contributed by atoms with van der Waals surface area (Å²) in [5.74, 6) is -9.41. The SMILES string of the molecule is C/C=C/C[C@@H](C)[C@@H](OC(C)=O)[C@@H](C(=O)N[C@@H](CC)C(=O)N(C)CC(=O)OC)N(C)C(=O)[C@H](C(C)C)N(C)C(=O)[C@H](CC(C)C)N(C)C(=O)[C@H](CC(C)C)N(C)C(=O)[C@@H](C)NC(=O)[C@H](C)NC(=O)[C@H](CC(C)C)N(C)C(=O)[C@@H](NC(=O)[C@H](CC(C)C)NC)C(C)C. The zero-order chi connectivity index (χ0) is 70.1. The number of carbonyl (C=O) groups is 12. The van der Waals surface area contributed by atoms with Crippen LogP contribution in [-0.4, -0.2) is 230 Å². The summed E-state index contributed by atoms with van der Waals surface area (Å²) < 4.78 is 10.6. The van der Waals surface area contributed by atoms with Crippen LogP contribution < -0.4 is 26.6 Å². The molecule has 0 aromatic carbocycles. The number of nitrogens with zero attached hydrogens (tertiary/aromatic N) is 6. The van der Waals surface area contributed by atoms with E-state index in [0.29, 0.717) is 12.8 Å². The number of carbonyl (C=O) groups excluding carboxylic acids is 12. The molecule has 25 heteroatoms. The van der Waals surface area contributed by atoms with Gasteiger partial charge in [-0.2, -0.15) is 0 Å². The molecule has 0 aliphatic rings. The third-order valence-electron chi connectivity index (χ3n) is 16.1. The van der Waals surface area contributed by atoms with Gasteiger partial charge in [-0.05, 0) is 108 Å². The van der Waals surface area contributed by atoms with Crippen LogP contribution in [0.5, 0.6) is 0 Å². The molecule has 0 unspecified atom stereocenters. The van der Waals surface area contributed by atoms with Gasteiger partial charge in [0, 0.05) is 49.2 Å². The molecule has 0 aromatic rings. The lowest BCUT2D eigenvalue weighted by molar-refractivity contribution is -0.164. The maximum atomic E-state index is 15.2. The summed E-state index contributed by atoms with van der Waals surface area (Å²) >= 11 is 0. The fourth-order valence-electron chi connectivity index (χ4n) is 10.7. The van der Waals surface area contributed by atoms with Crippen molar-refractivity contribution in [2.24, 2.45) is 41.4 Å². The molecule has 10 amide bonds. The monoisotopic (exact) mass is 1280 g/mol. The highest BCUT2D eigenvalue weighted by Gasteiger charge is 2.46. The Kier molecular flexibility index (Phi) is 36.6. The van der Waals surface area contributed by atoms with Crippen LogP contribution in [0.15, 0.2) is 12.2 Å². The van der Waals surface area contributed by atoms with Gasteiger partial charge in [0.1, 0.15) is 67.0 Å². The van der Waals surface area contributed by atoms with Crippen molar-refractivity contribution in [1.82, 2.24) is 56.0 Å². The van der Waals surface area contributed by atoms with Crippen molar-refractivity contribution >= 4 is 71.0 Å². The number of ether oxygens (including phenoxy) is 2. The molecule has 0 fully saturated rings. The molecule has 12 atom stereocenters. The average molecular weight is 1280 g/mol. The van der Waals surface area contributed by atoms with Crippen molar-refractivity contribution in [1.29, 1.82) is 0 Å². The van der Waals surface area contributed by atoms with E-state index in [1.165, 1.54) is 89.8 Å². The predicted octanol–water partition coefficient (Wildman–Crippen LogP) is 3.76. The van der Waals surface area contributed by atoms with E-state index in [9.17, 15) is 43.2 Å². The Morgan fingerprint density at radius 1 is 0.467 bits per heavy atom. The number of rotatable bonds is 38. The van der Waals surface area contributed by atoms with E-state index in [-0.39, 0.29) is 61.2 Å². The first-order valence-electron chi connectivity index (χ1n) is 31.9. The molecular weight excluding hydrogens is 1160 g/mol. The maximum absolute atomic E-state index is 15.2. The van der Waals surface area contributed by atoms with E-state index >= 15 is 14.4 Å². The Morgan fingerprint density at radius 3 is 1.36 bits per heavy atom. The van der Waals surface area contributed by atoms with E-state index in [0.717, 1.165) is 9.80 Å². The Morgan fingerprint density at radius 2 is 0.922 bits per heavy atom. The number of allylic oxidation sites excluding steroid dienone is 2. The summed E-state index contributed by atoms with van der Waals surface area (Å²) in [6.07, 6.45) is 3.74. The van der Waals surface area contributed by atoms with Crippen molar-refractivity contribution in [3.8, 4) is 0 Å². The topological polar surface area (TPSA) is 303 Å². The molecular formula is C65H117N11O14. The van der Waals surface area contributed by atoms with E-state index in [1.54, 1.807) is 61.6 Å². The smallest absolute Gasteiger partial charge is 0.325 e. The third kappa shape index (κ3) is 25.6. The maximum Gasteiger partial charge on any atom is 0.325 e. The van der Waals surface area contributed by atoms with Gasteiger partial charge in [0.25, 0.3) is 0 Å². The minimum atomic E-state index is -1.56. The number of hydrogen-bond donors (Lipinski definition) is 5. The van der Waals surface area contributed by atoms with Gasteiger partial charge >= 0.3 is 11.9 Å². The Bertz CT molecular complexity index is 2430. The van der Waals surface area contributed by atoms with E-state index in [4.69, 9.17) is 9.47 Å². The zero-order valence-corrected chi connectivity index (χ0v) is 59.4. The fourth-order valence-corrected chi connectivity index (χ4v) is 10.7. The summed E-state index contributed by atoms with van der Waals surface area (Å²) in [7, 11) is 11.4. The highest BCUT2D eigenvalue weighted by molar-refractivity contribution is 5.99. The van der Waals surface area contributed by atoms with E-state index in [1.807, 2.05) is 61.5 Å². The van der Waals surface area contributed by atoms with Crippen LogP contribution >= 0.6 is 0 Å². The van der Waals surface area contributed by atoms with E-state index < -0.39 is 150 Å². The standard InChI is InChI=1S/C65H117N11O14/c1-27-29-30-42(15)55(90-45(18)77)54(59(82)69-46(28-2)61(84)71(20)35-51(78)89-26)76(25)65(88)53(41(13)14)75(24)63(86)50(34-39(9)10)74(23)62(85)49(33-38(7)8)73(22)60(83)44(17)68-56(79)43(16)67-58(81)48(32-37(5)6)72(21)64(87)52(40(11)12)70-57(80)47(66-19)31-36(3)4/h27,29,36-44,46-50,52-55,66H,28,30-35H2,1-26H3,(H,67,81)(H,68,79)(H,69,82)(H,70,80)/b29-27+/t42-,43+,44-,46+,47+,48+,49+,50+,52+,53+,54+,55-/m1/s1. The molecule has 0 heterocycles. The van der Waals surface area contributed by atoms with Crippen molar-refractivity contribution < 1.29 is 67.0 Å². The van der Waals surface area contributed by atoms with Gasteiger partial charge in [0.2, 0.25) is 59.1 Å². The molecule has 0 rings (SSSR count). The molecule has 0 bridgehead atoms. The lowest BCUT2D eigenvalue weighted by atomic mass is 9.91. The molecule has 0 aromatic heterocycles. The lowest BCUT2D eigenvalue weighted by Gasteiger charge is -2.42. The number of hydrogen-bond acceptors (Lipinski definition) is 15. The van der Waals surface area contributed by atoms with E-state index in [2.05, 4.69) is 26.6 Å². The first-order chi connectivity index (χ1) is 41.6. The highest BCUT2D eigenvalue weighted by atomic mass is 16.5. The second-order valence-corrected chi connectivity index (χ2v) is 26.6. The highest BCUT2D eigenvalue weighted by Crippen LogP contribution is 2.27. The number of likely N-dealkylation sites (N-methyl/N-ethyl adjacent to an activating group) is 7. The Balaban J connectivity index is 7.17. The molecule has 0 saturated carbocycles. The molecule has 0 spiro atoms. The van der Waals surface area contributed by atoms with Crippen molar-refractivity contribution in [2.45, 2.75) is 230 Å². The molecule has 0 radical (unpaired) electrons. The molecule has 5 N–H and O–H groups in total. The predicted molar refractivity (Wildman–Crippen MR) is 346 cm³/mol. The number of amides is 10. The molecule has 516 valence electrons. The minimum absolute atomic E-state index is 0.0684. The molecule has 0 saturated heterocycles. The quantitative estimate of drug-likeness (QED) is 0.0434. The third-order valence-corrected chi connectivity index (χ3v) is 16.1. The van der Waals surface area contributed by atoms with Gasteiger partial charge in [-0.3, -0.25) is 57.5 Å². The molecule has 25 nitrogen and oxygen atoms in total. The van der Waals surface area contributed by atoms with Gasteiger partial charge in [-0.15, -0.1) is 0 Å². The van der Waals surface area contributed by atoms with Gasteiger partial charge < -0.3 is 65.5 Å². The first-order valence-corrected chi connectivity index (χ1v) is 31.9. The summed E-state index contributed by atoms with van der Waals surface area (Å²) in [6, 6.07) is -11.4.